The first kappa shape index (κ1) is 11.0. The third-order valence-electron chi connectivity index (χ3n) is 3.02. The molecule has 0 amide bonds. The van der Waals surface area contributed by atoms with Gasteiger partial charge < -0.3 is 10.6 Å². The smallest absolute Gasteiger partial charge is 0.0109 e. The molecule has 0 aliphatic carbocycles. The quantitative estimate of drug-likeness (QED) is 0.722. The first-order chi connectivity index (χ1) is 6.01. The lowest BCUT2D eigenvalue weighted by Gasteiger charge is -2.23. The second-order valence-corrected chi connectivity index (χ2v) is 5.10. The average Bonchev–Trinajstić information content (AvgIpc) is 2.47. The molecule has 1 aliphatic heterocycles. The van der Waals surface area contributed by atoms with E-state index in [9.17, 15) is 0 Å². The molecule has 2 nitrogen and oxygen atoms in total. The summed E-state index contributed by atoms with van der Waals surface area (Å²) >= 11 is 0. The molecular formula is C11H24N2. The van der Waals surface area contributed by atoms with Crippen LogP contribution in [-0.2, 0) is 0 Å². The maximum atomic E-state index is 5.95. The van der Waals surface area contributed by atoms with Gasteiger partial charge in [0.1, 0.15) is 0 Å². The minimum atomic E-state index is 0.00427. The van der Waals surface area contributed by atoms with E-state index >= 15 is 0 Å². The number of nitrogens with two attached hydrogens (primary N) is 1. The molecule has 1 atom stereocenters. The molecular weight excluding hydrogens is 160 g/mol. The van der Waals surface area contributed by atoms with Gasteiger partial charge in [-0.25, -0.2) is 0 Å². The molecule has 78 valence electrons. The van der Waals surface area contributed by atoms with Crippen molar-refractivity contribution >= 4 is 0 Å². The van der Waals surface area contributed by atoms with Crippen LogP contribution in [0, 0.1) is 5.92 Å². The molecule has 1 aliphatic rings. The van der Waals surface area contributed by atoms with Crippen LogP contribution in [0.2, 0.25) is 0 Å². The highest BCUT2D eigenvalue weighted by atomic mass is 15.1. The van der Waals surface area contributed by atoms with E-state index in [2.05, 4.69) is 25.7 Å². The van der Waals surface area contributed by atoms with Gasteiger partial charge in [-0.15, -0.1) is 0 Å². The van der Waals surface area contributed by atoms with E-state index in [1.807, 2.05) is 0 Å². The molecule has 1 fully saturated rings. The van der Waals surface area contributed by atoms with Crippen LogP contribution in [0.3, 0.4) is 0 Å². The van der Waals surface area contributed by atoms with Gasteiger partial charge in [0.15, 0.2) is 0 Å². The molecule has 0 aromatic rings. The summed E-state index contributed by atoms with van der Waals surface area (Å²) in [5.74, 6) is 0.945. The van der Waals surface area contributed by atoms with E-state index in [1.165, 1.54) is 32.5 Å². The lowest BCUT2D eigenvalue weighted by atomic mass is 10.0. The van der Waals surface area contributed by atoms with Crippen molar-refractivity contribution in [1.82, 2.24) is 4.90 Å². The van der Waals surface area contributed by atoms with E-state index in [0.29, 0.717) is 0 Å². The largest absolute Gasteiger partial charge is 0.326 e. The van der Waals surface area contributed by atoms with Crippen molar-refractivity contribution in [2.45, 2.75) is 45.6 Å². The third kappa shape index (κ3) is 4.10. The Morgan fingerprint density at radius 3 is 2.62 bits per heavy atom. The van der Waals surface area contributed by atoms with Crippen molar-refractivity contribution in [2.75, 3.05) is 19.6 Å². The SMILES string of the molecule is CCC1CCN(CCC(C)(C)N)C1. The number of rotatable bonds is 4. The van der Waals surface area contributed by atoms with Gasteiger partial charge in [-0.2, -0.15) is 0 Å². The minimum absolute atomic E-state index is 0.00427. The number of hydrogen-bond acceptors (Lipinski definition) is 2. The van der Waals surface area contributed by atoms with Crippen LogP contribution in [0.4, 0.5) is 0 Å². The zero-order valence-electron chi connectivity index (χ0n) is 9.34. The van der Waals surface area contributed by atoms with Crippen LogP contribution < -0.4 is 5.73 Å². The van der Waals surface area contributed by atoms with E-state index < -0.39 is 0 Å². The van der Waals surface area contributed by atoms with Gasteiger partial charge in [-0.05, 0) is 45.7 Å². The molecule has 0 bridgehead atoms. The zero-order chi connectivity index (χ0) is 9.90. The van der Waals surface area contributed by atoms with Gasteiger partial charge in [0.2, 0.25) is 0 Å². The van der Waals surface area contributed by atoms with Gasteiger partial charge in [-0.3, -0.25) is 0 Å². The molecule has 2 N–H and O–H groups in total. The van der Waals surface area contributed by atoms with Gasteiger partial charge in [0, 0.05) is 12.1 Å². The predicted octanol–water partition coefficient (Wildman–Crippen LogP) is 1.85. The normalized spacial score (nSPS) is 25.4. The molecule has 0 spiro atoms. The van der Waals surface area contributed by atoms with Gasteiger partial charge in [0.25, 0.3) is 0 Å². The fourth-order valence-electron chi connectivity index (χ4n) is 1.90. The zero-order valence-corrected chi connectivity index (χ0v) is 9.34. The van der Waals surface area contributed by atoms with E-state index in [0.717, 1.165) is 12.3 Å². The highest BCUT2D eigenvalue weighted by Crippen LogP contribution is 2.19. The molecule has 1 saturated heterocycles. The standard InChI is InChI=1S/C11H24N2/c1-4-10-5-7-13(9-10)8-6-11(2,3)12/h10H,4-9,12H2,1-3H3. The monoisotopic (exact) mass is 184 g/mol. The Morgan fingerprint density at radius 1 is 1.46 bits per heavy atom. The van der Waals surface area contributed by atoms with Crippen molar-refractivity contribution < 1.29 is 0 Å². The second kappa shape index (κ2) is 4.43. The molecule has 13 heavy (non-hydrogen) atoms. The van der Waals surface area contributed by atoms with E-state index in [4.69, 9.17) is 5.73 Å². The van der Waals surface area contributed by atoms with Crippen molar-refractivity contribution in [3.63, 3.8) is 0 Å². The fraction of sp³-hybridized carbons (Fsp3) is 1.00. The maximum absolute atomic E-state index is 5.95. The van der Waals surface area contributed by atoms with Crippen LogP contribution >= 0.6 is 0 Å². The summed E-state index contributed by atoms with van der Waals surface area (Å²) in [7, 11) is 0. The summed E-state index contributed by atoms with van der Waals surface area (Å²) in [5, 5.41) is 0. The summed E-state index contributed by atoms with van der Waals surface area (Å²) < 4.78 is 0. The Labute approximate surface area is 82.5 Å². The summed E-state index contributed by atoms with van der Waals surface area (Å²) in [6.45, 7) is 10.3. The van der Waals surface area contributed by atoms with Crippen molar-refractivity contribution in [2.24, 2.45) is 11.7 Å². The lowest BCUT2D eigenvalue weighted by Crippen LogP contribution is -2.36. The van der Waals surface area contributed by atoms with Crippen molar-refractivity contribution in [1.29, 1.82) is 0 Å². The molecule has 0 radical (unpaired) electrons. The molecule has 1 rings (SSSR count). The van der Waals surface area contributed by atoms with E-state index in [1.54, 1.807) is 0 Å². The molecule has 0 aromatic heterocycles. The Kier molecular flexibility index (Phi) is 3.74. The van der Waals surface area contributed by atoms with Crippen LogP contribution in [0.5, 0.6) is 0 Å². The minimum Gasteiger partial charge on any atom is -0.326 e. The van der Waals surface area contributed by atoms with Crippen LogP contribution in [0.1, 0.15) is 40.0 Å². The summed E-state index contributed by atoms with van der Waals surface area (Å²) in [5.41, 5.74) is 5.96. The number of hydrogen-bond donors (Lipinski definition) is 1. The summed E-state index contributed by atoms with van der Waals surface area (Å²) in [6, 6.07) is 0. The Morgan fingerprint density at radius 2 is 2.15 bits per heavy atom. The fourth-order valence-corrected chi connectivity index (χ4v) is 1.90. The van der Waals surface area contributed by atoms with Gasteiger partial charge in [0.05, 0.1) is 0 Å². The third-order valence-corrected chi connectivity index (χ3v) is 3.02. The average molecular weight is 184 g/mol. The second-order valence-electron chi connectivity index (χ2n) is 5.10. The first-order valence-electron chi connectivity index (χ1n) is 5.52. The molecule has 0 saturated carbocycles. The Hall–Kier alpha value is -0.0800. The highest BCUT2D eigenvalue weighted by molar-refractivity contribution is 4.78. The lowest BCUT2D eigenvalue weighted by molar-refractivity contribution is 0.287. The first-order valence-corrected chi connectivity index (χ1v) is 5.52. The maximum Gasteiger partial charge on any atom is 0.0109 e. The Bertz CT molecular complexity index is 149. The summed E-state index contributed by atoms with van der Waals surface area (Å²) in [4.78, 5) is 2.56. The molecule has 1 heterocycles. The van der Waals surface area contributed by atoms with E-state index in [-0.39, 0.29) is 5.54 Å². The number of nitrogens with zero attached hydrogens (tertiary/aromatic N) is 1. The van der Waals surface area contributed by atoms with Gasteiger partial charge >= 0.3 is 0 Å². The van der Waals surface area contributed by atoms with Crippen LogP contribution in [0.15, 0.2) is 0 Å². The van der Waals surface area contributed by atoms with Crippen LogP contribution in [-0.4, -0.2) is 30.1 Å². The predicted molar refractivity (Wildman–Crippen MR) is 57.7 cm³/mol. The van der Waals surface area contributed by atoms with Crippen LogP contribution in [0.25, 0.3) is 0 Å². The number of likely N-dealkylation sites (tertiary alicyclic amines) is 1. The molecule has 1 unspecified atom stereocenters. The van der Waals surface area contributed by atoms with Crippen molar-refractivity contribution in [3.8, 4) is 0 Å². The highest BCUT2D eigenvalue weighted by Gasteiger charge is 2.22. The van der Waals surface area contributed by atoms with Gasteiger partial charge in [-0.1, -0.05) is 13.3 Å². The van der Waals surface area contributed by atoms with Crippen molar-refractivity contribution in [3.05, 3.63) is 0 Å². The molecule has 2 heteroatoms. The summed E-state index contributed by atoms with van der Waals surface area (Å²) in [6.07, 6.45) is 3.84. The topological polar surface area (TPSA) is 29.3 Å². The Balaban J connectivity index is 2.17. The molecule has 0 aromatic carbocycles.